The second kappa shape index (κ2) is 14.2. The quantitative estimate of drug-likeness (QED) is 0.244. The molecule has 1 aromatic heterocycles. The van der Waals surface area contributed by atoms with Crippen LogP contribution >= 0.6 is 15.9 Å². The molecule has 7 nitrogen and oxygen atoms in total. The summed E-state index contributed by atoms with van der Waals surface area (Å²) in [7, 11) is 3.43. The summed E-state index contributed by atoms with van der Waals surface area (Å²) in [6, 6.07) is 1.12. The molecule has 0 saturated carbocycles. The number of nitrogens with one attached hydrogen (secondary N) is 1. The number of carbonyl (C=O) groups is 2. The Hall–Kier alpha value is -2.73. The molecule has 0 bridgehead atoms. The minimum Gasteiger partial charge on any atom is -0.466 e. The summed E-state index contributed by atoms with van der Waals surface area (Å²) >= 11 is 3.31. The van der Waals surface area contributed by atoms with Gasteiger partial charge in [-0.2, -0.15) is 13.2 Å². The zero-order chi connectivity index (χ0) is 30.4. The zero-order valence-electron chi connectivity index (χ0n) is 23.5. The van der Waals surface area contributed by atoms with Crippen LogP contribution in [-0.2, 0) is 26.9 Å². The highest BCUT2D eigenvalue weighted by Crippen LogP contribution is 2.33. The third-order valence-electron chi connectivity index (χ3n) is 6.25. The number of pyridine rings is 1. The number of hydrogen-bond acceptors (Lipinski definition) is 5. The van der Waals surface area contributed by atoms with Gasteiger partial charge in [0.05, 0.1) is 24.6 Å². The standard InChI is InChI=1S/C28H36BrF4N3O4/c1-7-40-25(38)14-22(20-12-19(29)11-17(4)26(20)30)34-27(39)23(10-16(2)3)36-15-18(8-9-35(5)6)21(13-24(36)37)28(31,32)33/h11-13,15-16,22-23H,7-10,14H2,1-6H3,(H,34,39)/t22-,23?/m0/s1. The van der Waals surface area contributed by atoms with Crippen LogP contribution in [0.3, 0.4) is 0 Å². The van der Waals surface area contributed by atoms with Crippen molar-refractivity contribution in [3.63, 3.8) is 0 Å². The van der Waals surface area contributed by atoms with Gasteiger partial charge >= 0.3 is 12.1 Å². The summed E-state index contributed by atoms with van der Waals surface area (Å²) < 4.78 is 63.1. The molecule has 2 rings (SSSR count). The molecule has 0 aliphatic heterocycles. The molecule has 1 heterocycles. The van der Waals surface area contributed by atoms with Crippen LogP contribution in [0.4, 0.5) is 17.6 Å². The number of alkyl halides is 3. The first-order valence-electron chi connectivity index (χ1n) is 12.9. The highest BCUT2D eigenvalue weighted by molar-refractivity contribution is 9.10. The smallest absolute Gasteiger partial charge is 0.416 e. The summed E-state index contributed by atoms with van der Waals surface area (Å²) in [6.45, 7) is 7.10. The molecular formula is C28H36BrF4N3O4. The number of aromatic nitrogens is 1. The second-order valence-corrected chi connectivity index (χ2v) is 11.3. The van der Waals surface area contributed by atoms with E-state index < -0.39 is 53.5 Å². The number of hydrogen-bond donors (Lipinski definition) is 1. The van der Waals surface area contributed by atoms with Gasteiger partial charge in [-0.3, -0.25) is 14.4 Å². The van der Waals surface area contributed by atoms with Crippen molar-refractivity contribution in [3.05, 3.63) is 67.3 Å². The van der Waals surface area contributed by atoms with Gasteiger partial charge in [0.2, 0.25) is 5.91 Å². The monoisotopic (exact) mass is 633 g/mol. The van der Waals surface area contributed by atoms with Gasteiger partial charge in [-0.25, -0.2) is 4.39 Å². The lowest BCUT2D eigenvalue weighted by atomic mass is 9.98. The van der Waals surface area contributed by atoms with Gasteiger partial charge in [-0.1, -0.05) is 29.8 Å². The van der Waals surface area contributed by atoms with Crippen molar-refractivity contribution >= 4 is 27.8 Å². The molecule has 222 valence electrons. The van der Waals surface area contributed by atoms with E-state index in [4.69, 9.17) is 4.74 Å². The Labute approximate surface area is 240 Å². The molecule has 0 aliphatic rings. The Balaban J connectivity index is 2.61. The van der Waals surface area contributed by atoms with E-state index >= 15 is 4.39 Å². The molecule has 2 atom stereocenters. The Morgan fingerprint density at radius 3 is 2.38 bits per heavy atom. The maximum Gasteiger partial charge on any atom is 0.416 e. The molecule has 1 unspecified atom stereocenters. The fourth-order valence-corrected chi connectivity index (χ4v) is 4.92. The average Bonchev–Trinajstić information content (AvgIpc) is 2.82. The lowest BCUT2D eigenvalue weighted by molar-refractivity contribution is -0.144. The van der Waals surface area contributed by atoms with Gasteiger partial charge in [-0.15, -0.1) is 0 Å². The van der Waals surface area contributed by atoms with Crippen LogP contribution < -0.4 is 10.9 Å². The van der Waals surface area contributed by atoms with E-state index in [1.807, 2.05) is 0 Å². The van der Waals surface area contributed by atoms with Crippen molar-refractivity contribution in [1.82, 2.24) is 14.8 Å². The van der Waals surface area contributed by atoms with Gasteiger partial charge in [-0.05, 0) is 70.0 Å². The highest BCUT2D eigenvalue weighted by atomic mass is 79.9. The van der Waals surface area contributed by atoms with Crippen LogP contribution in [0.15, 0.2) is 33.7 Å². The van der Waals surface area contributed by atoms with E-state index in [0.29, 0.717) is 10.5 Å². The number of esters is 1. The van der Waals surface area contributed by atoms with Crippen LogP contribution in [0.25, 0.3) is 0 Å². The average molecular weight is 635 g/mol. The van der Waals surface area contributed by atoms with E-state index in [1.165, 1.54) is 13.0 Å². The summed E-state index contributed by atoms with van der Waals surface area (Å²) in [5.41, 5.74) is -1.86. The molecule has 1 N–H and O–H groups in total. The van der Waals surface area contributed by atoms with Gasteiger partial charge in [0.25, 0.3) is 5.56 Å². The number of amides is 1. The molecule has 40 heavy (non-hydrogen) atoms. The molecular weight excluding hydrogens is 598 g/mol. The normalized spacial score (nSPS) is 13.4. The predicted octanol–water partition coefficient (Wildman–Crippen LogP) is 5.58. The van der Waals surface area contributed by atoms with Crippen molar-refractivity contribution in [2.75, 3.05) is 27.2 Å². The van der Waals surface area contributed by atoms with Crippen molar-refractivity contribution in [3.8, 4) is 0 Å². The van der Waals surface area contributed by atoms with Crippen LogP contribution in [0.1, 0.15) is 68.0 Å². The molecule has 0 radical (unpaired) electrons. The molecule has 0 spiro atoms. The lowest BCUT2D eigenvalue weighted by Crippen LogP contribution is -2.41. The fraction of sp³-hybridized carbons (Fsp3) is 0.536. The summed E-state index contributed by atoms with van der Waals surface area (Å²) in [5, 5.41) is 2.67. The second-order valence-electron chi connectivity index (χ2n) is 10.4. The third-order valence-corrected chi connectivity index (χ3v) is 6.70. The summed E-state index contributed by atoms with van der Waals surface area (Å²) in [5.74, 6) is -2.18. The largest absolute Gasteiger partial charge is 0.466 e. The van der Waals surface area contributed by atoms with E-state index in [9.17, 15) is 27.6 Å². The highest BCUT2D eigenvalue weighted by Gasteiger charge is 2.36. The minimum atomic E-state index is -4.75. The Kier molecular flexibility index (Phi) is 11.9. The Morgan fingerprint density at radius 2 is 1.82 bits per heavy atom. The molecule has 0 aliphatic carbocycles. The summed E-state index contributed by atoms with van der Waals surface area (Å²) in [4.78, 5) is 40.8. The number of nitrogens with zero attached hydrogens (tertiary/aromatic N) is 2. The molecule has 12 heteroatoms. The molecule has 0 fully saturated rings. The van der Waals surface area contributed by atoms with E-state index in [-0.39, 0.29) is 48.6 Å². The van der Waals surface area contributed by atoms with E-state index in [1.54, 1.807) is 45.8 Å². The lowest BCUT2D eigenvalue weighted by Gasteiger charge is -2.27. The number of rotatable bonds is 12. The molecule has 1 aromatic carbocycles. The van der Waals surface area contributed by atoms with Gasteiger partial charge in [0, 0.05) is 28.8 Å². The van der Waals surface area contributed by atoms with E-state index in [0.717, 1.165) is 10.8 Å². The maximum atomic E-state index is 15.2. The van der Waals surface area contributed by atoms with Gasteiger partial charge in [0.1, 0.15) is 11.9 Å². The number of halogens is 5. The molecule has 1 amide bonds. The van der Waals surface area contributed by atoms with Crippen LogP contribution in [-0.4, -0.2) is 48.6 Å². The van der Waals surface area contributed by atoms with Crippen molar-refractivity contribution in [2.45, 2.75) is 65.2 Å². The maximum absolute atomic E-state index is 15.2. The molecule has 2 aromatic rings. The number of likely N-dealkylation sites (N-methyl/N-ethyl adjacent to an activating group) is 1. The number of ether oxygens (including phenoxy) is 1. The molecule has 0 saturated heterocycles. The number of carbonyl (C=O) groups excluding carboxylic acids is 2. The first-order valence-corrected chi connectivity index (χ1v) is 13.7. The van der Waals surface area contributed by atoms with Crippen molar-refractivity contribution in [1.29, 1.82) is 0 Å². The zero-order valence-corrected chi connectivity index (χ0v) is 25.1. The predicted molar refractivity (Wildman–Crippen MR) is 147 cm³/mol. The first-order chi connectivity index (χ1) is 18.5. The van der Waals surface area contributed by atoms with Crippen LogP contribution in [0.5, 0.6) is 0 Å². The van der Waals surface area contributed by atoms with Crippen LogP contribution in [0, 0.1) is 18.7 Å². The van der Waals surface area contributed by atoms with Crippen LogP contribution in [0.2, 0.25) is 0 Å². The van der Waals surface area contributed by atoms with Crippen molar-refractivity contribution in [2.24, 2.45) is 5.92 Å². The summed E-state index contributed by atoms with van der Waals surface area (Å²) in [6.07, 6.45) is -3.96. The van der Waals surface area contributed by atoms with Gasteiger partial charge in [0.15, 0.2) is 0 Å². The van der Waals surface area contributed by atoms with Gasteiger partial charge < -0.3 is 19.5 Å². The topological polar surface area (TPSA) is 80.6 Å². The Bertz CT molecular complexity index is 1260. The number of aryl methyl sites for hydroxylation is 1. The number of benzene rings is 1. The fourth-order valence-electron chi connectivity index (χ4n) is 4.33. The first kappa shape index (κ1) is 33.5. The third kappa shape index (κ3) is 9.15. The van der Waals surface area contributed by atoms with E-state index in [2.05, 4.69) is 21.2 Å². The van der Waals surface area contributed by atoms with Crippen molar-refractivity contribution < 1.29 is 31.9 Å². The SMILES string of the molecule is CCOC(=O)C[C@H](NC(=O)C(CC(C)C)n1cc(CCN(C)C)c(C(F)(F)F)cc1=O)c1cc(Br)cc(C)c1F. The minimum absolute atomic E-state index is 0.00778. The Morgan fingerprint density at radius 1 is 1.18 bits per heavy atom.